The summed E-state index contributed by atoms with van der Waals surface area (Å²) in [6.45, 7) is 4.24. The van der Waals surface area contributed by atoms with Gasteiger partial charge in [0.2, 0.25) is 0 Å². The van der Waals surface area contributed by atoms with Gasteiger partial charge in [-0.05, 0) is 12.8 Å². The van der Waals surface area contributed by atoms with E-state index < -0.39 is 0 Å². The van der Waals surface area contributed by atoms with E-state index in [1.54, 1.807) is 0 Å². The van der Waals surface area contributed by atoms with Crippen LogP contribution in [-0.4, -0.2) is 18.0 Å². The monoisotopic (exact) mass is 235 g/mol. The predicted octanol–water partition coefficient (Wildman–Crippen LogP) is 1.17. The highest BCUT2D eigenvalue weighted by Crippen LogP contribution is 2.08. The summed E-state index contributed by atoms with van der Waals surface area (Å²) in [6.07, 6.45) is 4.21. The SMILES string of the molecule is CCCC(CCC)N=C(N)NC(=N)N.Cl. The van der Waals surface area contributed by atoms with Crippen LogP contribution in [0.2, 0.25) is 0 Å². The molecule has 0 fully saturated rings. The lowest BCUT2D eigenvalue weighted by Crippen LogP contribution is -2.41. The lowest BCUT2D eigenvalue weighted by molar-refractivity contribution is 0.554. The first-order valence-electron chi connectivity index (χ1n) is 5.04. The van der Waals surface area contributed by atoms with Crippen molar-refractivity contribution >= 4 is 24.3 Å². The lowest BCUT2D eigenvalue weighted by atomic mass is 10.1. The van der Waals surface area contributed by atoms with Crippen molar-refractivity contribution in [2.75, 3.05) is 0 Å². The number of hydrogen-bond donors (Lipinski definition) is 4. The van der Waals surface area contributed by atoms with Crippen molar-refractivity contribution < 1.29 is 0 Å². The first kappa shape index (κ1) is 16.5. The molecule has 0 amide bonds. The van der Waals surface area contributed by atoms with Gasteiger partial charge in [-0.25, -0.2) is 4.99 Å². The summed E-state index contributed by atoms with van der Waals surface area (Å²) < 4.78 is 0. The average molecular weight is 236 g/mol. The van der Waals surface area contributed by atoms with Crippen molar-refractivity contribution in [3.05, 3.63) is 0 Å². The number of halogens is 1. The first-order valence-corrected chi connectivity index (χ1v) is 5.04. The Balaban J connectivity index is 0. The quantitative estimate of drug-likeness (QED) is 0.425. The van der Waals surface area contributed by atoms with Crippen molar-refractivity contribution in [3.63, 3.8) is 0 Å². The number of nitrogens with two attached hydrogens (primary N) is 2. The van der Waals surface area contributed by atoms with Gasteiger partial charge in [-0.15, -0.1) is 12.4 Å². The Bertz CT molecular complexity index is 199. The van der Waals surface area contributed by atoms with Gasteiger partial charge in [0, 0.05) is 0 Å². The molecule has 0 rings (SSSR count). The van der Waals surface area contributed by atoms with E-state index in [-0.39, 0.29) is 30.4 Å². The fourth-order valence-corrected chi connectivity index (χ4v) is 1.31. The molecule has 0 unspecified atom stereocenters. The van der Waals surface area contributed by atoms with E-state index in [1.807, 2.05) is 0 Å². The Morgan fingerprint density at radius 2 is 1.73 bits per heavy atom. The van der Waals surface area contributed by atoms with Gasteiger partial charge in [0.05, 0.1) is 6.04 Å². The number of hydrogen-bond acceptors (Lipinski definition) is 2. The van der Waals surface area contributed by atoms with Gasteiger partial charge in [0.15, 0.2) is 11.9 Å². The molecular formula is C9H22ClN5. The van der Waals surface area contributed by atoms with Crippen molar-refractivity contribution in [1.82, 2.24) is 5.32 Å². The number of nitrogens with zero attached hydrogens (tertiary/aromatic N) is 1. The Kier molecular flexibility index (Phi) is 10.5. The highest BCUT2D eigenvalue weighted by Gasteiger charge is 2.05. The second-order valence-electron chi connectivity index (χ2n) is 3.28. The predicted molar refractivity (Wildman–Crippen MR) is 67.5 cm³/mol. The number of aliphatic imine (C=N–C) groups is 1. The second kappa shape index (κ2) is 9.58. The minimum atomic E-state index is -0.169. The van der Waals surface area contributed by atoms with Crippen LogP contribution in [-0.2, 0) is 0 Å². The minimum Gasteiger partial charge on any atom is -0.370 e. The molecule has 0 aliphatic rings. The molecule has 0 atom stereocenters. The van der Waals surface area contributed by atoms with Crippen LogP contribution < -0.4 is 16.8 Å². The third-order valence-electron chi connectivity index (χ3n) is 1.83. The van der Waals surface area contributed by atoms with Crippen LogP contribution in [0.1, 0.15) is 39.5 Å². The first-order chi connectivity index (χ1) is 6.60. The molecule has 6 heteroatoms. The fourth-order valence-electron chi connectivity index (χ4n) is 1.31. The standard InChI is InChI=1S/C9H21N5.ClH/c1-3-5-7(6-4-2)13-9(12)14-8(10)11;/h7H,3-6H2,1-2H3,(H6,10,11,12,13,14);1H. The van der Waals surface area contributed by atoms with Gasteiger partial charge in [0.1, 0.15) is 0 Å². The van der Waals surface area contributed by atoms with Crippen LogP contribution in [0, 0.1) is 5.41 Å². The zero-order valence-electron chi connectivity index (χ0n) is 9.42. The van der Waals surface area contributed by atoms with E-state index >= 15 is 0 Å². The molecule has 0 aliphatic carbocycles. The highest BCUT2D eigenvalue weighted by molar-refractivity contribution is 5.95. The molecule has 0 saturated carbocycles. The third-order valence-corrected chi connectivity index (χ3v) is 1.83. The molecular weight excluding hydrogens is 214 g/mol. The van der Waals surface area contributed by atoms with Crippen LogP contribution >= 0.6 is 12.4 Å². The molecule has 15 heavy (non-hydrogen) atoms. The number of rotatable bonds is 5. The zero-order valence-corrected chi connectivity index (χ0v) is 10.2. The van der Waals surface area contributed by atoms with Crippen LogP contribution in [0.4, 0.5) is 0 Å². The molecule has 0 spiro atoms. The molecule has 0 aromatic heterocycles. The smallest absolute Gasteiger partial charge is 0.195 e. The normalized spacial score (nSPS) is 11.0. The van der Waals surface area contributed by atoms with E-state index in [1.165, 1.54) is 0 Å². The maximum Gasteiger partial charge on any atom is 0.195 e. The van der Waals surface area contributed by atoms with Gasteiger partial charge in [0.25, 0.3) is 0 Å². The van der Waals surface area contributed by atoms with E-state index in [9.17, 15) is 0 Å². The number of nitrogens with one attached hydrogen (secondary N) is 2. The van der Waals surface area contributed by atoms with Gasteiger partial charge < -0.3 is 11.5 Å². The molecule has 90 valence electrons. The van der Waals surface area contributed by atoms with Crippen molar-refractivity contribution in [3.8, 4) is 0 Å². The van der Waals surface area contributed by atoms with Gasteiger partial charge >= 0.3 is 0 Å². The van der Waals surface area contributed by atoms with Crippen LogP contribution in [0.5, 0.6) is 0 Å². The van der Waals surface area contributed by atoms with Gasteiger partial charge in [-0.2, -0.15) is 0 Å². The minimum absolute atomic E-state index is 0. The summed E-state index contributed by atoms with van der Waals surface area (Å²) in [5, 5.41) is 9.46. The molecule has 0 aromatic carbocycles. The Labute approximate surface area is 97.6 Å². The maximum atomic E-state index is 6.98. The summed E-state index contributed by atoms with van der Waals surface area (Å²) in [6, 6.07) is 0.247. The Morgan fingerprint density at radius 3 is 2.07 bits per heavy atom. The zero-order chi connectivity index (χ0) is 11.0. The number of guanidine groups is 2. The maximum absolute atomic E-state index is 6.98. The molecule has 0 aliphatic heterocycles. The second-order valence-corrected chi connectivity index (χ2v) is 3.28. The van der Waals surface area contributed by atoms with Crippen LogP contribution in [0.3, 0.4) is 0 Å². The third kappa shape index (κ3) is 9.34. The lowest BCUT2D eigenvalue weighted by Gasteiger charge is -2.11. The molecule has 0 radical (unpaired) electrons. The van der Waals surface area contributed by atoms with Crippen LogP contribution in [0.25, 0.3) is 0 Å². The molecule has 0 aromatic rings. The Hall–Kier alpha value is -0.970. The molecule has 0 saturated heterocycles. The fraction of sp³-hybridized carbons (Fsp3) is 0.778. The summed E-state index contributed by atoms with van der Waals surface area (Å²) in [5.41, 5.74) is 10.7. The summed E-state index contributed by atoms with van der Waals surface area (Å²) in [7, 11) is 0. The van der Waals surface area contributed by atoms with Crippen molar-refractivity contribution in [1.29, 1.82) is 5.41 Å². The van der Waals surface area contributed by atoms with E-state index in [4.69, 9.17) is 16.9 Å². The summed E-state index contributed by atoms with van der Waals surface area (Å²) in [4.78, 5) is 4.26. The van der Waals surface area contributed by atoms with E-state index in [0.717, 1.165) is 25.7 Å². The molecule has 6 N–H and O–H groups in total. The van der Waals surface area contributed by atoms with Gasteiger partial charge in [-0.1, -0.05) is 26.7 Å². The molecule has 0 heterocycles. The molecule has 5 nitrogen and oxygen atoms in total. The molecule has 0 bridgehead atoms. The van der Waals surface area contributed by atoms with Crippen LogP contribution in [0.15, 0.2) is 4.99 Å². The van der Waals surface area contributed by atoms with E-state index in [0.29, 0.717) is 0 Å². The highest BCUT2D eigenvalue weighted by atomic mass is 35.5. The summed E-state index contributed by atoms with van der Waals surface area (Å²) in [5.74, 6) is 0.0717. The summed E-state index contributed by atoms with van der Waals surface area (Å²) >= 11 is 0. The Morgan fingerprint density at radius 1 is 1.27 bits per heavy atom. The largest absolute Gasteiger partial charge is 0.370 e. The average Bonchev–Trinajstić information content (AvgIpc) is 2.03. The van der Waals surface area contributed by atoms with Crippen molar-refractivity contribution in [2.24, 2.45) is 16.5 Å². The van der Waals surface area contributed by atoms with Gasteiger partial charge in [-0.3, -0.25) is 10.7 Å². The van der Waals surface area contributed by atoms with E-state index in [2.05, 4.69) is 24.2 Å². The van der Waals surface area contributed by atoms with Crippen molar-refractivity contribution in [2.45, 2.75) is 45.6 Å². The topological polar surface area (TPSA) is 100 Å².